The average Bonchev–Trinajstić information content (AvgIpc) is 2.28. The Labute approximate surface area is 121 Å². The van der Waals surface area contributed by atoms with E-state index in [1.807, 2.05) is 38.1 Å². The molecule has 0 saturated carbocycles. The Morgan fingerprint density at radius 1 is 1.42 bits per heavy atom. The van der Waals surface area contributed by atoms with Crippen molar-refractivity contribution >= 4 is 18.3 Å². The van der Waals surface area contributed by atoms with Crippen LogP contribution in [-0.2, 0) is 11.2 Å². The van der Waals surface area contributed by atoms with Crippen LogP contribution in [0.4, 0.5) is 0 Å². The van der Waals surface area contributed by atoms with Gasteiger partial charge in [0.15, 0.2) is 0 Å². The summed E-state index contributed by atoms with van der Waals surface area (Å²) in [4.78, 5) is 11.6. The zero-order valence-electron chi connectivity index (χ0n) is 11.5. The number of benzene rings is 1. The summed E-state index contributed by atoms with van der Waals surface area (Å²) in [6.07, 6.45) is 1.32. The molecule has 3 N–H and O–H groups in total. The van der Waals surface area contributed by atoms with Gasteiger partial charge in [0.05, 0.1) is 12.5 Å². The van der Waals surface area contributed by atoms with Gasteiger partial charge in [-0.3, -0.25) is 4.79 Å². The summed E-state index contributed by atoms with van der Waals surface area (Å²) >= 11 is 0. The topological polar surface area (TPSA) is 64.3 Å². The van der Waals surface area contributed by atoms with Crippen LogP contribution in [0.1, 0.15) is 25.8 Å². The van der Waals surface area contributed by atoms with Gasteiger partial charge >= 0.3 is 0 Å². The molecule has 0 radical (unpaired) electrons. The number of rotatable bonds is 7. The van der Waals surface area contributed by atoms with Gasteiger partial charge in [0, 0.05) is 6.54 Å². The first-order valence-corrected chi connectivity index (χ1v) is 6.34. The molecule has 0 atom stereocenters. The van der Waals surface area contributed by atoms with Crippen LogP contribution in [0.2, 0.25) is 0 Å². The lowest BCUT2D eigenvalue weighted by molar-refractivity contribution is -0.120. The zero-order chi connectivity index (χ0) is 13.4. The molecule has 0 aliphatic heterocycles. The van der Waals surface area contributed by atoms with Crippen LogP contribution in [-0.4, -0.2) is 25.1 Å². The summed E-state index contributed by atoms with van der Waals surface area (Å²) in [6, 6.07) is 7.63. The maximum atomic E-state index is 11.6. The molecule has 1 aromatic carbocycles. The van der Waals surface area contributed by atoms with Gasteiger partial charge in [0.1, 0.15) is 5.75 Å². The Morgan fingerprint density at radius 2 is 2.16 bits per heavy atom. The van der Waals surface area contributed by atoms with Crippen LogP contribution in [0.5, 0.6) is 5.75 Å². The van der Waals surface area contributed by atoms with E-state index in [-0.39, 0.29) is 24.4 Å². The minimum absolute atomic E-state index is 0. The van der Waals surface area contributed by atoms with Crippen LogP contribution in [0, 0.1) is 0 Å². The van der Waals surface area contributed by atoms with Crippen LogP contribution in [0.25, 0.3) is 0 Å². The minimum atomic E-state index is 0. The van der Waals surface area contributed by atoms with Crippen molar-refractivity contribution in [3.63, 3.8) is 0 Å². The quantitative estimate of drug-likeness (QED) is 0.753. The lowest BCUT2D eigenvalue weighted by atomic mass is 10.1. The first-order valence-electron chi connectivity index (χ1n) is 6.34. The largest absolute Gasteiger partial charge is 0.491 e. The molecule has 0 heterocycles. The number of carbonyl (C=O) groups is 1. The summed E-state index contributed by atoms with van der Waals surface area (Å²) in [5.74, 6) is 0.822. The Hall–Kier alpha value is -1.26. The normalized spacial score (nSPS) is 9.89. The van der Waals surface area contributed by atoms with Gasteiger partial charge in [0.2, 0.25) is 5.91 Å². The summed E-state index contributed by atoms with van der Waals surface area (Å²) in [5, 5.41) is 2.83. The smallest absolute Gasteiger partial charge is 0.224 e. The van der Waals surface area contributed by atoms with E-state index in [2.05, 4.69) is 5.32 Å². The van der Waals surface area contributed by atoms with Crippen molar-refractivity contribution in [3.05, 3.63) is 29.8 Å². The number of nitrogens with one attached hydrogen (secondary N) is 1. The van der Waals surface area contributed by atoms with Gasteiger partial charge in [-0.1, -0.05) is 12.1 Å². The summed E-state index contributed by atoms with van der Waals surface area (Å²) in [7, 11) is 0. The number of hydrogen-bond donors (Lipinski definition) is 2. The second kappa shape index (κ2) is 9.64. The van der Waals surface area contributed by atoms with E-state index in [1.54, 1.807) is 0 Å². The Morgan fingerprint density at radius 3 is 2.79 bits per heavy atom. The maximum absolute atomic E-state index is 11.6. The molecule has 19 heavy (non-hydrogen) atoms. The molecule has 0 aliphatic rings. The lowest BCUT2D eigenvalue weighted by Crippen LogP contribution is -2.27. The zero-order valence-corrected chi connectivity index (χ0v) is 12.3. The molecule has 5 heteroatoms. The number of hydrogen-bond acceptors (Lipinski definition) is 3. The van der Waals surface area contributed by atoms with E-state index in [4.69, 9.17) is 10.5 Å². The van der Waals surface area contributed by atoms with E-state index >= 15 is 0 Å². The molecule has 1 rings (SSSR count). The Balaban J connectivity index is 0.00000324. The predicted molar refractivity (Wildman–Crippen MR) is 79.8 cm³/mol. The molecule has 0 aromatic heterocycles. The highest BCUT2D eigenvalue weighted by atomic mass is 35.5. The highest BCUT2D eigenvalue weighted by molar-refractivity contribution is 5.85. The molecule has 1 aromatic rings. The Kier molecular flexibility index (Phi) is 9.00. The van der Waals surface area contributed by atoms with Gasteiger partial charge in [-0.2, -0.15) is 0 Å². The first-order chi connectivity index (χ1) is 8.61. The van der Waals surface area contributed by atoms with E-state index in [0.717, 1.165) is 17.7 Å². The maximum Gasteiger partial charge on any atom is 0.224 e. The van der Waals surface area contributed by atoms with Crippen molar-refractivity contribution in [2.24, 2.45) is 5.73 Å². The lowest BCUT2D eigenvalue weighted by Gasteiger charge is -2.11. The van der Waals surface area contributed by atoms with Gasteiger partial charge < -0.3 is 15.8 Å². The third-order valence-corrected chi connectivity index (χ3v) is 2.34. The van der Waals surface area contributed by atoms with Crippen molar-refractivity contribution in [1.82, 2.24) is 5.32 Å². The molecule has 0 bridgehead atoms. The fourth-order valence-corrected chi connectivity index (χ4v) is 1.58. The van der Waals surface area contributed by atoms with Crippen LogP contribution in [0.15, 0.2) is 24.3 Å². The molecular formula is C14H23ClN2O2. The van der Waals surface area contributed by atoms with Crippen LogP contribution < -0.4 is 15.8 Å². The fraction of sp³-hybridized carbons (Fsp3) is 0.500. The highest BCUT2D eigenvalue weighted by Gasteiger charge is 2.04. The SMILES string of the molecule is CC(C)Oc1cccc(CC(=O)NCCCN)c1.Cl. The van der Waals surface area contributed by atoms with Crippen molar-refractivity contribution in [2.75, 3.05) is 13.1 Å². The van der Waals surface area contributed by atoms with Gasteiger partial charge in [-0.05, 0) is 44.5 Å². The number of ether oxygens (including phenoxy) is 1. The second-order valence-electron chi connectivity index (χ2n) is 4.48. The summed E-state index contributed by atoms with van der Waals surface area (Å²) in [5.41, 5.74) is 6.32. The average molecular weight is 287 g/mol. The van der Waals surface area contributed by atoms with E-state index < -0.39 is 0 Å². The van der Waals surface area contributed by atoms with Crippen molar-refractivity contribution in [3.8, 4) is 5.75 Å². The molecule has 4 nitrogen and oxygen atoms in total. The van der Waals surface area contributed by atoms with Gasteiger partial charge in [-0.25, -0.2) is 0 Å². The van der Waals surface area contributed by atoms with Crippen LogP contribution >= 0.6 is 12.4 Å². The standard InChI is InChI=1S/C14H22N2O2.ClH/c1-11(2)18-13-6-3-5-12(9-13)10-14(17)16-8-4-7-15;/h3,5-6,9,11H,4,7-8,10,15H2,1-2H3,(H,16,17);1H. The van der Waals surface area contributed by atoms with E-state index in [1.165, 1.54) is 0 Å². The molecule has 1 amide bonds. The molecule has 0 aliphatic carbocycles. The first kappa shape index (κ1) is 17.7. The molecule has 0 spiro atoms. The van der Waals surface area contributed by atoms with Gasteiger partial charge in [0.25, 0.3) is 0 Å². The van der Waals surface area contributed by atoms with E-state index in [9.17, 15) is 4.79 Å². The molecule has 108 valence electrons. The minimum Gasteiger partial charge on any atom is -0.491 e. The monoisotopic (exact) mass is 286 g/mol. The number of amides is 1. The highest BCUT2D eigenvalue weighted by Crippen LogP contribution is 2.15. The van der Waals surface area contributed by atoms with E-state index in [0.29, 0.717) is 19.5 Å². The summed E-state index contributed by atoms with van der Waals surface area (Å²) < 4.78 is 5.59. The number of halogens is 1. The van der Waals surface area contributed by atoms with Crippen molar-refractivity contribution in [1.29, 1.82) is 0 Å². The Bertz CT molecular complexity index is 383. The fourth-order valence-electron chi connectivity index (χ4n) is 1.58. The third-order valence-electron chi connectivity index (χ3n) is 2.34. The van der Waals surface area contributed by atoms with Crippen molar-refractivity contribution < 1.29 is 9.53 Å². The molecule has 0 fully saturated rings. The predicted octanol–water partition coefficient (Wildman–Crippen LogP) is 1.90. The molecule has 0 unspecified atom stereocenters. The number of nitrogens with two attached hydrogens (primary N) is 1. The molecular weight excluding hydrogens is 264 g/mol. The summed E-state index contributed by atoms with van der Waals surface area (Å²) in [6.45, 7) is 5.19. The van der Waals surface area contributed by atoms with Crippen molar-refractivity contribution in [2.45, 2.75) is 32.8 Å². The van der Waals surface area contributed by atoms with Crippen LogP contribution in [0.3, 0.4) is 0 Å². The molecule has 0 saturated heterocycles. The number of carbonyl (C=O) groups excluding carboxylic acids is 1. The van der Waals surface area contributed by atoms with Gasteiger partial charge in [-0.15, -0.1) is 12.4 Å². The second-order valence-corrected chi connectivity index (χ2v) is 4.48. The third kappa shape index (κ3) is 7.70.